The molecule has 0 saturated heterocycles. The van der Waals surface area contributed by atoms with Gasteiger partial charge < -0.3 is 0 Å². The fourth-order valence-electron chi connectivity index (χ4n) is 2.75. The minimum absolute atomic E-state index is 0.574. The van der Waals surface area contributed by atoms with Crippen molar-refractivity contribution in [2.75, 3.05) is 0 Å². The molecule has 0 aliphatic heterocycles. The molecule has 0 N–H and O–H groups in total. The first-order valence-corrected chi connectivity index (χ1v) is 7.66. The van der Waals surface area contributed by atoms with Crippen molar-refractivity contribution in [2.24, 2.45) is 22.7 Å². The number of hydrogen-bond acceptors (Lipinski definition) is 0. The molecule has 0 unspecified atom stereocenters. The normalized spacial score (nSPS) is 21.5. The van der Waals surface area contributed by atoms with Crippen molar-refractivity contribution in [3.63, 3.8) is 0 Å². The van der Waals surface area contributed by atoms with Crippen LogP contribution in [0.5, 0.6) is 0 Å². The highest BCUT2D eigenvalue weighted by Gasteiger charge is 2.26. The van der Waals surface area contributed by atoms with Crippen molar-refractivity contribution < 1.29 is 0 Å². The van der Waals surface area contributed by atoms with Crippen molar-refractivity contribution >= 4 is 0 Å². The Morgan fingerprint density at radius 2 is 1.00 bits per heavy atom. The average molecular weight is 238 g/mol. The zero-order valence-electron chi connectivity index (χ0n) is 13.1. The van der Waals surface area contributed by atoms with Gasteiger partial charge in [-0.05, 0) is 35.5 Å². The summed E-state index contributed by atoms with van der Waals surface area (Å²) < 4.78 is 0. The Morgan fingerprint density at radius 1 is 0.647 bits per heavy atom. The van der Waals surface area contributed by atoms with Crippen LogP contribution in [0.4, 0.5) is 0 Å². The maximum absolute atomic E-state index is 2.34. The Bertz CT molecular complexity index is 205. The Kier molecular flexibility index (Phi) is 5.10. The Balaban J connectivity index is 0.000000171. The van der Waals surface area contributed by atoms with Gasteiger partial charge in [0.15, 0.2) is 0 Å². The summed E-state index contributed by atoms with van der Waals surface area (Å²) in [6, 6.07) is 0. The van der Waals surface area contributed by atoms with E-state index in [2.05, 4.69) is 41.5 Å². The van der Waals surface area contributed by atoms with Crippen molar-refractivity contribution in [1.29, 1.82) is 0 Å². The van der Waals surface area contributed by atoms with Crippen LogP contribution in [0.15, 0.2) is 0 Å². The molecule has 0 spiro atoms. The molecule has 0 bridgehead atoms. The molecule has 0 aromatic heterocycles. The van der Waals surface area contributed by atoms with Crippen molar-refractivity contribution in [3.05, 3.63) is 0 Å². The van der Waals surface area contributed by atoms with Crippen molar-refractivity contribution in [2.45, 2.75) is 86.5 Å². The van der Waals surface area contributed by atoms with E-state index < -0.39 is 0 Å². The molecule has 0 radical (unpaired) electrons. The second kappa shape index (κ2) is 5.76. The molecule has 2 aliphatic carbocycles. The van der Waals surface area contributed by atoms with Crippen LogP contribution in [0.25, 0.3) is 0 Å². The minimum Gasteiger partial charge on any atom is -0.0602 e. The van der Waals surface area contributed by atoms with E-state index >= 15 is 0 Å². The summed E-state index contributed by atoms with van der Waals surface area (Å²) in [5.74, 6) is 2.17. The lowest BCUT2D eigenvalue weighted by molar-refractivity contribution is 0.207. The molecule has 2 saturated carbocycles. The van der Waals surface area contributed by atoms with E-state index in [0.717, 1.165) is 11.8 Å². The Labute approximate surface area is 110 Å². The zero-order chi connectivity index (χ0) is 13.1. The molecular weight excluding hydrogens is 204 g/mol. The van der Waals surface area contributed by atoms with Gasteiger partial charge in [0.25, 0.3) is 0 Å². The van der Waals surface area contributed by atoms with E-state index in [0.29, 0.717) is 10.8 Å². The first kappa shape index (κ1) is 15.1. The predicted octanol–water partition coefficient (Wildman–Crippen LogP) is 6.06. The number of hydrogen-bond donors (Lipinski definition) is 0. The van der Waals surface area contributed by atoms with Crippen LogP contribution < -0.4 is 0 Å². The monoisotopic (exact) mass is 238 g/mol. The highest BCUT2D eigenvalue weighted by molar-refractivity contribution is 4.78. The summed E-state index contributed by atoms with van der Waals surface area (Å²) in [7, 11) is 0. The van der Waals surface area contributed by atoms with Crippen molar-refractivity contribution in [1.82, 2.24) is 0 Å². The minimum atomic E-state index is 0.574. The summed E-state index contributed by atoms with van der Waals surface area (Å²) >= 11 is 0. The van der Waals surface area contributed by atoms with E-state index in [9.17, 15) is 0 Å². The largest absolute Gasteiger partial charge is 0.0602 e. The summed E-state index contributed by atoms with van der Waals surface area (Å²) in [5, 5.41) is 0. The van der Waals surface area contributed by atoms with Crippen LogP contribution in [0.2, 0.25) is 0 Å². The molecule has 0 aromatic carbocycles. The molecule has 102 valence electrons. The van der Waals surface area contributed by atoms with Gasteiger partial charge in [0.05, 0.1) is 0 Å². The predicted molar refractivity (Wildman–Crippen MR) is 78.2 cm³/mol. The van der Waals surface area contributed by atoms with Crippen LogP contribution in [0.1, 0.15) is 86.5 Å². The molecule has 2 aliphatic rings. The molecule has 2 rings (SSSR count). The topological polar surface area (TPSA) is 0 Å². The van der Waals surface area contributed by atoms with Gasteiger partial charge in [-0.2, -0.15) is 0 Å². The lowest BCUT2D eigenvalue weighted by Crippen LogP contribution is -2.18. The molecular formula is C17H34. The van der Waals surface area contributed by atoms with Crippen LogP contribution in [0.3, 0.4) is 0 Å². The molecule has 0 heteroatoms. The maximum Gasteiger partial charge on any atom is -0.0380 e. The molecule has 0 aromatic rings. The van der Waals surface area contributed by atoms with Gasteiger partial charge in [-0.15, -0.1) is 0 Å². The molecule has 2 fully saturated rings. The lowest BCUT2D eigenvalue weighted by atomic mass is 9.74. The quantitative estimate of drug-likeness (QED) is 0.549. The van der Waals surface area contributed by atoms with Gasteiger partial charge in [0, 0.05) is 0 Å². The number of rotatable bonds is 2. The van der Waals surface area contributed by atoms with Gasteiger partial charge >= 0.3 is 0 Å². The second-order valence-electron chi connectivity index (χ2n) is 8.77. The first-order chi connectivity index (χ1) is 7.66. The SMILES string of the molecule is CC(C)(C)CC1CC1.CC(C)(C)CC1CCC1. The van der Waals surface area contributed by atoms with E-state index in [1.165, 1.54) is 44.9 Å². The molecule has 0 atom stereocenters. The highest BCUT2D eigenvalue weighted by atomic mass is 14.3. The van der Waals surface area contributed by atoms with Crippen LogP contribution in [-0.2, 0) is 0 Å². The molecule has 0 nitrogen and oxygen atoms in total. The fourth-order valence-corrected chi connectivity index (χ4v) is 2.75. The summed E-state index contributed by atoms with van der Waals surface area (Å²) in [6.45, 7) is 14.0. The molecule has 0 heterocycles. The molecule has 17 heavy (non-hydrogen) atoms. The van der Waals surface area contributed by atoms with Crippen molar-refractivity contribution in [3.8, 4) is 0 Å². The molecule has 0 amide bonds. The van der Waals surface area contributed by atoms with Crippen LogP contribution in [0, 0.1) is 22.7 Å². The average Bonchev–Trinajstić information content (AvgIpc) is 2.77. The van der Waals surface area contributed by atoms with Gasteiger partial charge in [-0.3, -0.25) is 0 Å². The van der Waals surface area contributed by atoms with E-state index in [1.54, 1.807) is 0 Å². The second-order valence-corrected chi connectivity index (χ2v) is 8.77. The van der Waals surface area contributed by atoms with Gasteiger partial charge in [-0.1, -0.05) is 73.6 Å². The smallest absolute Gasteiger partial charge is 0.0380 e. The van der Waals surface area contributed by atoms with Gasteiger partial charge in [0.2, 0.25) is 0 Å². The summed E-state index contributed by atoms with van der Waals surface area (Å²) in [4.78, 5) is 0. The van der Waals surface area contributed by atoms with Gasteiger partial charge in [-0.25, -0.2) is 0 Å². The zero-order valence-corrected chi connectivity index (χ0v) is 13.1. The Morgan fingerprint density at radius 3 is 1.06 bits per heavy atom. The highest BCUT2D eigenvalue weighted by Crippen LogP contribution is 2.39. The third-order valence-electron chi connectivity index (χ3n) is 3.72. The fraction of sp³-hybridized carbons (Fsp3) is 1.00. The summed E-state index contributed by atoms with van der Waals surface area (Å²) in [6.07, 6.45) is 10.4. The standard InChI is InChI=1S/C9H18.C8H16/c1-9(2,3)7-8-5-4-6-8;1-8(2,3)6-7-4-5-7/h8H,4-7H2,1-3H3;7H,4-6H2,1-3H3. The first-order valence-electron chi connectivity index (χ1n) is 7.66. The summed E-state index contributed by atoms with van der Waals surface area (Å²) in [5.41, 5.74) is 1.16. The van der Waals surface area contributed by atoms with E-state index in [-0.39, 0.29) is 0 Å². The third kappa shape index (κ3) is 8.69. The Hall–Kier alpha value is 0. The third-order valence-corrected chi connectivity index (χ3v) is 3.72. The maximum atomic E-state index is 2.34. The van der Waals surface area contributed by atoms with Crippen LogP contribution >= 0.6 is 0 Å². The van der Waals surface area contributed by atoms with Crippen LogP contribution in [-0.4, -0.2) is 0 Å². The van der Waals surface area contributed by atoms with E-state index in [1.807, 2.05) is 0 Å². The van der Waals surface area contributed by atoms with E-state index in [4.69, 9.17) is 0 Å². The lowest BCUT2D eigenvalue weighted by Gasteiger charge is -2.31. The van der Waals surface area contributed by atoms with Gasteiger partial charge in [0.1, 0.15) is 0 Å².